The monoisotopic (exact) mass is 340 g/mol. The van der Waals surface area contributed by atoms with Crippen LogP contribution in [-0.2, 0) is 4.74 Å². The molecule has 6 heteroatoms. The second kappa shape index (κ2) is 9.00. The normalized spacial score (nSPS) is 10.9. The van der Waals surface area contributed by atoms with E-state index in [2.05, 4.69) is 31.4 Å². The van der Waals surface area contributed by atoms with Gasteiger partial charge in [-0.3, -0.25) is 0 Å². The minimum absolute atomic E-state index is 0.255. The molecule has 0 fully saturated rings. The fraction of sp³-hybridized carbons (Fsp3) is 0.500. The Bertz CT molecular complexity index is 513. The first-order chi connectivity index (χ1) is 10.3. The maximum Gasteiger partial charge on any atom is 0.338 e. The quantitative estimate of drug-likeness (QED) is 0.468. The third kappa shape index (κ3) is 7.66. The van der Waals surface area contributed by atoms with Crippen LogP contribution in [0.15, 0.2) is 24.3 Å². The summed E-state index contributed by atoms with van der Waals surface area (Å²) in [5, 5.41) is 6.79. The SMILES string of the molecule is CCOC(=O)c1cccc(NC(=S)NCCSC(C)(C)C)c1. The highest BCUT2D eigenvalue weighted by atomic mass is 32.2. The number of carbonyl (C=O) groups is 1. The summed E-state index contributed by atoms with van der Waals surface area (Å²) in [6.07, 6.45) is 0. The standard InChI is InChI=1S/C16H24N2O2S2/c1-5-20-14(19)12-7-6-8-13(11-12)18-15(21)17-9-10-22-16(2,3)4/h6-8,11H,5,9-10H2,1-4H3,(H2,17,18,21). The highest BCUT2D eigenvalue weighted by Gasteiger charge is 2.10. The Kier molecular flexibility index (Phi) is 7.68. The molecule has 0 aliphatic heterocycles. The summed E-state index contributed by atoms with van der Waals surface area (Å²) in [6.45, 7) is 9.52. The second-order valence-electron chi connectivity index (χ2n) is 5.64. The molecule has 0 radical (unpaired) electrons. The van der Waals surface area contributed by atoms with Crippen molar-refractivity contribution < 1.29 is 9.53 Å². The van der Waals surface area contributed by atoms with Gasteiger partial charge in [-0.2, -0.15) is 11.8 Å². The van der Waals surface area contributed by atoms with Gasteiger partial charge in [0.2, 0.25) is 0 Å². The van der Waals surface area contributed by atoms with Gasteiger partial charge in [0.15, 0.2) is 5.11 Å². The van der Waals surface area contributed by atoms with Gasteiger partial charge in [-0.25, -0.2) is 4.79 Å². The summed E-state index contributed by atoms with van der Waals surface area (Å²) in [5.41, 5.74) is 1.28. The molecule has 1 aromatic carbocycles. The fourth-order valence-electron chi connectivity index (χ4n) is 1.64. The van der Waals surface area contributed by atoms with E-state index in [9.17, 15) is 4.79 Å². The van der Waals surface area contributed by atoms with Gasteiger partial charge in [-0.05, 0) is 37.3 Å². The zero-order valence-corrected chi connectivity index (χ0v) is 15.2. The van der Waals surface area contributed by atoms with Crippen molar-refractivity contribution in [3.63, 3.8) is 0 Å². The van der Waals surface area contributed by atoms with Gasteiger partial charge in [0, 0.05) is 22.7 Å². The number of anilines is 1. The molecule has 0 aliphatic carbocycles. The van der Waals surface area contributed by atoms with Gasteiger partial charge in [0.1, 0.15) is 0 Å². The number of ether oxygens (including phenoxy) is 1. The number of nitrogens with one attached hydrogen (secondary N) is 2. The molecule has 122 valence electrons. The third-order valence-corrected chi connectivity index (χ3v) is 4.07. The van der Waals surface area contributed by atoms with Crippen molar-refractivity contribution in [3.05, 3.63) is 29.8 Å². The zero-order valence-electron chi connectivity index (χ0n) is 13.6. The van der Waals surface area contributed by atoms with E-state index < -0.39 is 0 Å². The van der Waals surface area contributed by atoms with Gasteiger partial charge in [0.25, 0.3) is 0 Å². The van der Waals surface area contributed by atoms with Gasteiger partial charge in [-0.1, -0.05) is 26.8 Å². The van der Waals surface area contributed by atoms with Crippen LogP contribution in [-0.4, -0.2) is 34.7 Å². The Balaban J connectivity index is 2.44. The van der Waals surface area contributed by atoms with E-state index in [1.807, 2.05) is 17.8 Å². The molecule has 0 aromatic heterocycles. The molecule has 0 amide bonds. The molecule has 0 aliphatic rings. The van der Waals surface area contributed by atoms with E-state index in [0.717, 1.165) is 18.0 Å². The Labute approximate surface area is 142 Å². The lowest BCUT2D eigenvalue weighted by molar-refractivity contribution is 0.0526. The summed E-state index contributed by atoms with van der Waals surface area (Å²) in [4.78, 5) is 11.7. The molecule has 0 spiro atoms. The average molecular weight is 341 g/mol. The second-order valence-corrected chi connectivity index (χ2v) is 7.97. The van der Waals surface area contributed by atoms with E-state index in [4.69, 9.17) is 17.0 Å². The number of hydrogen-bond acceptors (Lipinski definition) is 4. The molecule has 2 N–H and O–H groups in total. The maximum absolute atomic E-state index is 11.7. The van der Waals surface area contributed by atoms with Crippen LogP contribution in [0.1, 0.15) is 38.1 Å². The van der Waals surface area contributed by atoms with Crippen LogP contribution in [0.2, 0.25) is 0 Å². The molecule has 0 heterocycles. The van der Waals surface area contributed by atoms with Crippen LogP contribution < -0.4 is 10.6 Å². The summed E-state index contributed by atoms with van der Waals surface area (Å²) >= 11 is 7.14. The third-order valence-electron chi connectivity index (χ3n) is 2.55. The number of carbonyl (C=O) groups excluding carboxylic acids is 1. The predicted molar refractivity (Wildman–Crippen MR) is 98.8 cm³/mol. The van der Waals surface area contributed by atoms with Crippen molar-refractivity contribution in [3.8, 4) is 0 Å². The smallest absolute Gasteiger partial charge is 0.338 e. The van der Waals surface area contributed by atoms with Crippen molar-refractivity contribution in [1.29, 1.82) is 0 Å². The van der Waals surface area contributed by atoms with Gasteiger partial charge >= 0.3 is 5.97 Å². The van der Waals surface area contributed by atoms with E-state index in [1.165, 1.54) is 0 Å². The fourth-order valence-corrected chi connectivity index (χ4v) is 2.67. The van der Waals surface area contributed by atoms with Crippen LogP contribution in [0.4, 0.5) is 5.69 Å². The first-order valence-electron chi connectivity index (χ1n) is 7.28. The Hall–Kier alpha value is -1.27. The van der Waals surface area contributed by atoms with Crippen molar-refractivity contribution >= 4 is 40.7 Å². The number of benzene rings is 1. The lowest BCUT2D eigenvalue weighted by Crippen LogP contribution is -2.31. The lowest BCUT2D eigenvalue weighted by atomic mass is 10.2. The van der Waals surface area contributed by atoms with Gasteiger partial charge in [-0.15, -0.1) is 0 Å². The van der Waals surface area contributed by atoms with Crippen LogP contribution in [0.25, 0.3) is 0 Å². The van der Waals surface area contributed by atoms with E-state index >= 15 is 0 Å². The molecular weight excluding hydrogens is 316 g/mol. The Morgan fingerprint density at radius 3 is 2.73 bits per heavy atom. The van der Waals surface area contributed by atoms with E-state index in [1.54, 1.807) is 25.1 Å². The van der Waals surface area contributed by atoms with Crippen molar-refractivity contribution in [2.45, 2.75) is 32.4 Å². The molecule has 0 saturated heterocycles. The van der Waals surface area contributed by atoms with Crippen LogP contribution in [0.3, 0.4) is 0 Å². The Morgan fingerprint density at radius 2 is 2.09 bits per heavy atom. The zero-order chi connectivity index (χ0) is 16.6. The summed E-state index contributed by atoms with van der Waals surface area (Å²) in [6, 6.07) is 7.11. The summed E-state index contributed by atoms with van der Waals surface area (Å²) in [7, 11) is 0. The van der Waals surface area contributed by atoms with E-state index in [-0.39, 0.29) is 10.7 Å². The predicted octanol–water partition coefficient (Wildman–Crippen LogP) is 3.68. The first kappa shape index (κ1) is 18.8. The van der Waals surface area contributed by atoms with Crippen molar-refractivity contribution in [1.82, 2.24) is 5.32 Å². The maximum atomic E-state index is 11.7. The molecule has 1 rings (SSSR count). The molecule has 22 heavy (non-hydrogen) atoms. The molecule has 1 aromatic rings. The largest absolute Gasteiger partial charge is 0.462 e. The molecule has 4 nitrogen and oxygen atoms in total. The van der Waals surface area contributed by atoms with Crippen LogP contribution in [0.5, 0.6) is 0 Å². The summed E-state index contributed by atoms with van der Waals surface area (Å²) in [5.74, 6) is 0.653. The van der Waals surface area contributed by atoms with Gasteiger partial charge in [0.05, 0.1) is 12.2 Å². The van der Waals surface area contributed by atoms with Crippen LogP contribution >= 0.6 is 24.0 Å². The molecule has 0 atom stereocenters. The topological polar surface area (TPSA) is 50.4 Å². The highest BCUT2D eigenvalue weighted by Crippen LogP contribution is 2.22. The number of esters is 1. The number of rotatable bonds is 6. The molecule has 0 bridgehead atoms. The lowest BCUT2D eigenvalue weighted by Gasteiger charge is -2.18. The molecular formula is C16H24N2O2S2. The van der Waals surface area contributed by atoms with Crippen molar-refractivity contribution in [2.24, 2.45) is 0 Å². The highest BCUT2D eigenvalue weighted by molar-refractivity contribution is 8.00. The van der Waals surface area contributed by atoms with Gasteiger partial charge < -0.3 is 15.4 Å². The van der Waals surface area contributed by atoms with Crippen molar-refractivity contribution in [2.75, 3.05) is 24.2 Å². The molecule has 0 unspecified atom stereocenters. The minimum atomic E-state index is -0.327. The van der Waals surface area contributed by atoms with E-state index in [0.29, 0.717) is 17.3 Å². The van der Waals surface area contributed by atoms with Crippen LogP contribution in [0, 0.1) is 0 Å². The molecule has 0 saturated carbocycles. The number of hydrogen-bond donors (Lipinski definition) is 2. The number of thioether (sulfide) groups is 1. The minimum Gasteiger partial charge on any atom is -0.462 e. The first-order valence-corrected chi connectivity index (χ1v) is 8.67. The summed E-state index contributed by atoms with van der Waals surface area (Å²) < 4.78 is 5.24. The Morgan fingerprint density at radius 1 is 1.36 bits per heavy atom. The average Bonchev–Trinajstić information content (AvgIpc) is 2.43. The number of thiocarbonyl (C=S) groups is 1.